The second-order valence-electron chi connectivity index (χ2n) is 8.47. The van der Waals surface area contributed by atoms with Crippen molar-refractivity contribution in [3.8, 4) is 0 Å². The molecule has 2 aromatic heterocycles. The first-order chi connectivity index (χ1) is 15.4. The molecular weight excluding hydrogens is 402 g/mol. The number of fused-ring (bicyclic) bond motifs is 1. The summed E-state index contributed by atoms with van der Waals surface area (Å²) in [6, 6.07) is 17.9. The Morgan fingerprint density at radius 3 is 2.50 bits per heavy atom. The molecule has 166 valence electrons. The number of nitrogens with one attached hydrogen (secondary N) is 2. The number of nitrogens with two attached hydrogens (primary N) is 1. The lowest BCUT2D eigenvalue weighted by Gasteiger charge is -2.17. The summed E-state index contributed by atoms with van der Waals surface area (Å²) in [4.78, 5) is 14.0. The molecule has 0 saturated heterocycles. The van der Waals surface area contributed by atoms with Gasteiger partial charge in [0.15, 0.2) is 17.0 Å². The van der Waals surface area contributed by atoms with Crippen LogP contribution in [0.2, 0.25) is 0 Å². The van der Waals surface area contributed by atoms with Gasteiger partial charge in [0.25, 0.3) is 0 Å². The minimum absolute atomic E-state index is 0.486. The Bertz CT molecular complexity index is 1180. The number of rotatable bonds is 9. The van der Waals surface area contributed by atoms with Gasteiger partial charge in [0.05, 0.1) is 18.5 Å². The van der Waals surface area contributed by atoms with Gasteiger partial charge < -0.3 is 26.0 Å². The molecule has 2 aromatic carbocycles. The molecule has 0 aliphatic rings. The second-order valence-corrected chi connectivity index (χ2v) is 8.47. The van der Waals surface area contributed by atoms with E-state index in [2.05, 4.69) is 32.7 Å². The molecule has 0 atom stereocenters. The first-order valence-electron chi connectivity index (χ1n) is 10.7. The molecule has 0 bridgehead atoms. The SMILES string of the molecule is CC(C)(O)CCNc1nc(NCc2ccccc2N)c2ncn(Cc3ccccc3)c2n1. The van der Waals surface area contributed by atoms with Crippen molar-refractivity contribution in [2.75, 3.05) is 22.9 Å². The minimum atomic E-state index is -0.766. The van der Waals surface area contributed by atoms with E-state index in [4.69, 9.17) is 10.7 Å². The lowest BCUT2D eigenvalue weighted by Crippen LogP contribution is -2.23. The molecule has 0 unspecified atom stereocenters. The molecule has 8 heteroatoms. The van der Waals surface area contributed by atoms with E-state index in [1.807, 2.05) is 47.0 Å². The van der Waals surface area contributed by atoms with Crippen LogP contribution in [0.15, 0.2) is 60.9 Å². The van der Waals surface area contributed by atoms with Crippen LogP contribution in [0, 0.1) is 0 Å². The molecule has 0 radical (unpaired) electrons. The number of imidazole rings is 1. The van der Waals surface area contributed by atoms with Gasteiger partial charge in [-0.15, -0.1) is 0 Å². The van der Waals surface area contributed by atoms with E-state index < -0.39 is 5.60 Å². The quantitative estimate of drug-likeness (QED) is 0.299. The highest BCUT2D eigenvalue weighted by Crippen LogP contribution is 2.23. The van der Waals surface area contributed by atoms with Gasteiger partial charge in [-0.3, -0.25) is 0 Å². The lowest BCUT2D eigenvalue weighted by atomic mass is 10.1. The van der Waals surface area contributed by atoms with E-state index in [1.54, 1.807) is 20.2 Å². The number of nitrogens with zero attached hydrogens (tertiary/aromatic N) is 4. The topological polar surface area (TPSA) is 114 Å². The Kier molecular flexibility index (Phi) is 6.23. The number of aromatic nitrogens is 4. The largest absolute Gasteiger partial charge is 0.398 e. The molecular formula is C24H29N7O. The number of para-hydroxylation sites is 1. The number of hydrogen-bond acceptors (Lipinski definition) is 7. The van der Waals surface area contributed by atoms with Gasteiger partial charge in [-0.05, 0) is 37.5 Å². The summed E-state index contributed by atoms with van der Waals surface area (Å²) in [5.74, 6) is 1.12. The average Bonchev–Trinajstić information content (AvgIpc) is 3.15. The molecule has 5 N–H and O–H groups in total. The third-order valence-electron chi connectivity index (χ3n) is 5.18. The highest BCUT2D eigenvalue weighted by Gasteiger charge is 2.16. The van der Waals surface area contributed by atoms with Crippen LogP contribution in [0.5, 0.6) is 0 Å². The molecule has 0 aliphatic carbocycles. The van der Waals surface area contributed by atoms with Crippen LogP contribution in [0.3, 0.4) is 0 Å². The highest BCUT2D eigenvalue weighted by atomic mass is 16.3. The molecule has 0 aliphatic heterocycles. The highest BCUT2D eigenvalue weighted by molar-refractivity contribution is 5.84. The lowest BCUT2D eigenvalue weighted by molar-refractivity contribution is 0.0748. The van der Waals surface area contributed by atoms with Gasteiger partial charge in [-0.1, -0.05) is 48.5 Å². The number of benzene rings is 2. The van der Waals surface area contributed by atoms with Crippen LogP contribution < -0.4 is 16.4 Å². The van der Waals surface area contributed by atoms with Crippen molar-refractivity contribution in [1.82, 2.24) is 19.5 Å². The zero-order valence-electron chi connectivity index (χ0n) is 18.4. The smallest absolute Gasteiger partial charge is 0.226 e. The van der Waals surface area contributed by atoms with E-state index in [1.165, 1.54) is 0 Å². The Hall–Kier alpha value is -3.65. The van der Waals surface area contributed by atoms with Gasteiger partial charge in [0.2, 0.25) is 5.95 Å². The third kappa shape index (κ3) is 5.33. The standard InChI is InChI=1S/C24H29N7O/c1-24(2,32)12-13-26-23-29-21(27-14-18-10-6-7-11-19(18)25)20-22(30-23)31(16-28-20)15-17-8-4-3-5-9-17/h3-11,16,32H,12-15,25H2,1-2H3,(H2,26,27,29,30). The maximum atomic E-state index is 10.0. The van der Waals surface area contributed by atoms with Gasteiger partial charge in [-0.2, -0.15) is 9.97 Å². The van der Waals surface area contributed by atoms with E-state index >= 15 is 0 Å². The summed E-state index contributed by atoms with van der Waals surface area (Å²) in [5, 5.41) is 16.6. The van der Waals surface area contributed by atoms with E-state index in [0.717, 1.165) is 22.5 Å². The van der Waals surface area contributed by atoms with Crippen LogP contribution in [-0.2, 0) is 13.1 Å². The summed E-state index contributed by atoms with van der Waals surface area (Å²) in [6.07, 6.45) is 2.36. The molecule has 0 amide bonds. The van der Waals surface area contributed by atoms with Gasteiger partial charge in [-0.25, -0.2) is 4.98 Å². The van der Waals surface area contributed by atoms with Crippen LogP contribution in [0.1, 0.15) is 31.4 Å². The first kappa shape index (κ1) is 21.6. The first-order valence-corrected chi connectivity index (χ1v) is 10.7. The predicted octanol–water partition coefficient (Wildman–Crippen LogP) is 3.64. The summed E-state index contributed by atoms with van der Waals surface area (Å²) < 4.78 is 2.01. The van der Waals surface area contributed by atoms with Crippen LogP contribution in [0.25, 0.3) is 11.2 Å². The number of aliphatic hydroxyl groups is 1. The third-order valence-corrected chi connectivity index (χ3v) is 5.18. The molecule has 2 heterocycles. The van der Waals surface area contributed by atoms with Gasteiger partial charge in [0, 0.05) is 18.8 Å². The normalized spacial score (nSPS) is 11.6. The van der Waals surface area contributed by atoms with E-state index in [0.29, 0.717) is 43.3 Å². The Morgan fingerprint density at radius 2 is 1.75 bits per heavy atom. The van der Waals surface area contributed by atoms with Crippen molar-refractivity contribution in [1.29, 1.82) is 0 Å². The Labute approximate surface area is 187 Å². The number of hydrogen-bond donors (Lipinski definition) is 4. The van der Waals surface area contributed by atoms with Gasteiger partial charge >= 0.3 is 0 Å². The second kappa shape index (κ2) is 9.23. The van der Waals surface area contributed by atoms with Crippen molar-refractivity contribution in [2.24, 2.45) is 0 Å². The van der Waals surface area contributed by atoms with Crippen molar-refractivity contribution in [2.45, 2.75) is 39.0 Å². The number of anilines is 3. The summed E-state index contributed by atoms with van der Waals surface area (Å²) in [6.45, 7) is 5.29. The monoisotopic (exact) mass is 431 g/mol. The maximum Gasteiger partial charge on any atom is 0.226 e. The fourth-order valence-electron chi connectivity index (χ4n) is 3.40. The zero-order valence-corrected chi connectivity index (χ0v) is 18.4. The van der Waals surface area contributed by atoms with Gasteiger partial charge in [0.1, 0.15) is 0 Å². The minimum Gasteiger partial charge on any atom is -0.398 e. The predicted molar refractivity (Wildman–Crippen MR) is 128 cm³/mol. The fourth-order valence-corrected chi connectivity index (χ4v) is 3.40. The summed E-state index contributed by atoms with van der Waals surface area (Å²) in [5.41, 5.74) is 9.63. The molecule has 8 nitrogen and oxygen atoms in total. The molecule has 0 spiro atoms. The molecule has 32 heavy (non-hydrogen) atoms. The maximum absolute atomic E-state index is 10.0. The Morgan fingerprint density at radius 1 is 1.00 bits per heavy atom. The summed E-state index contributed by atoms with van der Waals surface area (Å²) in [7, 11) is 0. The van der Waals surface area contributed by atoms with Crippen LogP contribution in [-0.4, -0.2) is 36.8 Å². The van der Waals surface area contributed by atoms with Crippen molar-refractivity contribution < 1.29 is 5.11 Å². The zero-order chi connectivity index (χ0) is 22.6. The van der Waals surface area contributed by atoms with E-state index in [9.17, 15) is 5.11 Å². The summed E-state index contributed by atoms with van der Waals surface area (Å²) >= 11 is 0. The fraction of sp³-hybridized carbons (Fsp3) is 0.292. The van der Waals surface area contributed by atoms with Crippen LogP contribution in [0.4, 0.5) is 17.5 Å². The number of nitrogen functional groups attached to an aromatic ring is 1. The van der Waals surface area contributed by atoms with E-state index in [-0.39, 0.29) is 0 Å². The molecule has 4 rings (SSSR count). The molecule has 4 aromatic rings. The van der Waals surface area contributed by atoms with Crippen molar-refractivity contribution in [3.05, 3.63) is 72.1 Å². The molecule has 0 fully saturated rings. The average molecular weight is 432 g/mol. The van der Waals surface area contributed by atoms with Crippen LogP contribution >= 0.6 is 0 Å². The van der Waals surface area contributed by atoms with Crippen molar-refractivity contribution in [3.63, 3.8) is 0 Å². The van der Waals surface area contributed by atoms with Crippen molar-refractivity contribution >= 4 is 28.6 Å². The Balaban J connectivity index is 1.64. The molecule has 0 saturated carbocycles.